The van der Waals surface area contributed by atoms with Crippen molar-refractivity contribution in [2.45, 2.75) is 34.0 Å². The number of hydrogen-bond donors (Lipinski definition) is 1. The fourth-order valence-corrected chi connectivity index (χ4v) is 9.50. The molecule has 0 bridgehead atoms. The summed E-state index contributed by atoms with van der Waals surface area (Å²) in [5.41, 5.74) is 15.1. The molecule has 2 aromatic heterocycles. The zero-order valence-corrected chi connectivity index (χ0v) is 44.2. The van der Waals surface area contributed by atoms with Crippen molar-refractivity contribution in [3.05, 3.63) is 261 Å². The summed E-state index contributed by atoms with van der Waals surface area (Å²) in [4.78, 5) is 23.9. The molecule has 10 rings (SSSR count). The van der Waals surface area contributed by atoms with E-state index in [0.29, 0.717) is 25.4 Å². The number of ether oxygens (including phenoxy) is 3. The highest BCUT2D eigenvalue weighted by Gasteiger charge is 2.19. The van der Waals surface area contributed by atoms with Gasteiger partial charge in [-0.2, -0.15) is 0 Å². The van der Waals surface area contributed by atoms with Gasteiger partial charge < -0.3 is 28.5 Å². The number of esters is 1. The van der Waals surface area contributed by atoms with Gasteiger partial charge in [0.05, 0.1) is 29.1 Å². The van der Waals surface area contributed by atoms with Crippen molar-refractivity contribution in [3.63, 3.8) is 0 Å². The first kappa shape index (κ1) is 50.7. The predicted molar refractivity (Wildman–Crippen MR) is 303 cm³/mol. The van der Waals surface area contributed by atoms with Crippen LogP contribution in [-0.2, 0) is 18.0 Å². The Balaban J connectivity index is 0.000000182. The number of carboxylic acids is 1. The van der Waals surface area contributed by atoms with Crippen LogP contribution in [0.5, 0.6) is 11.5 Å². The fourth-order valence-electron chi connectivity index (χ4n) is 8.77. The van der Waals surface area contributed by atoms with Gasteiger partial charge in [0.25, 0.3) is 0 Å². The lowest BCUT2D eigenvalue weighted by molar-refractivity contribution is 0.0525. The van der Waals surface area contributed by atoms with Gasteiger partial charge in [0, 0.05) is 42.8 Å². The summed E-state index contributed by atoms with van der Waals surface area (Å²) in [6.07, 6.45) is 0. The highest BCUT2D eigenvalue weighted by atomic mass is 79.9. The topological polar surface area (TPSA) is 91.9 Å². The molecule has 0 aliphatic carbocycles. The van der Waals surface area contributed by atoms with E-state index in [1.807, 2.05) is 124 Å². The molecule has 0 aliphatic rings. The minimum atomic E-state index is -0.951. The number of halogens is 2. The summed E-state index contributed by atoms with van der Waals surface area (Å²) in [6.45, 7) is 7.07. The van der Waals surface area contributed by atoms with Gasteiger partial charge in [-0.1, -0.05) is 153 Å². The van der Waals surface area contributed by atoms with Gasteiger partial charge in [-0.3, -0.25) is 0 Å². The van der Waals surface area contributed by atoms with Gasteiger partial charge in [-0.15, -0.1) is 0 Å². The van der Waals surface area contributed by atoms with Crippen LogP contribution >= 0.6 is 31.9 Å². The number of aromatic nitrogens is 2. The molecule has 368 valence electrons. The number of rotatable bonds is 15. The molecule has 2 heterocycles. The number of aromatic carboxylic acids is 1. The lowest BCUT2D eigenvalue weighted by Crippen LogP contribution is -2.07. The Hall–Kier alpha value is -8.18. The van der Waals surface area contributed by atoms with Crippen LogP contribution in [0.15, 0.2) is 227 Å². The van der Waals surface area contributed by atoms with Crippen LogP contribution in [0.4, 0.5) is 0 Å². The van der Waals surface area contributed by atoms with Gasteiger partial charge in [0.15, 0.2) is 0 Å². The normalized spacial score (nSPS) is 10.8. The van der Waals surface area contributed by atoms with Crippen molar-refractivity contribution in [1.29, 1.82) is 0 Å². The standard InChI is InChI=1S/C33H28BrNO3.C31H24BrNO3/c1-3-37-33(36)27-10-7-11-29(20-27)35-23(2)12-18-31(35)30-21-28(34)17-19-32(30)38-22-24-13-15-26(16-14-24)25-8-5-4-6-9-25;1-21-10-16-29(33(21)27-9-5-8-25(18-27)31(34)35)28-19-26(32)15-17-30(28)36-20-22-11-13-24(14-12-22)23-6-3-2-4-7-23/h4-21H,3,22H2,1-2H3;2-19H,20H2,1H3,(H,34,35). The Bertz CT molecular complexity index is 3550. The van der Waals surface area contributed by atoms with E-state index in [0.717, 1.165) is 76.8 Å². The van der Waals surface area contributed by atoms with Crippen molar-refractivity contribution >= 4 is 43.8 Å². The molecule has 0 aliphatic heterocycles. The van der Waals surface area contributed by atoms with Crippen molar-refractivity contribution in [2.75, 3.05) is 6.61 Å². The maximum Gasteiger partial charge on any atom is 0.338 e. The van der Waals surface area contributed by atoms with Gasteiger partial charge >= 0.3 is 11.9 Å². The van der Waals surface area contributed by atoms with Gasteiger partial charge in [-0.25, -0.2) is 9.59 Å². The molecular formula is C64H52Br2N2O6. The second-order valence-electron chi connectivity index (χ2n) is 17.5. The summed E-state index contributed by atoms with van der Waals surface area (Å²) in [6, 6.07) is 72.1. The predicted octanol–water partition coefficient (Wildman–Crippen LogP) is 16.8. The molecule has 0 fully saturated rings. The molecule has 0 spiro atoms. The Morgan fingerprint density at radius 2 is 0.878 bits per heavy atom. The number of carboxylic acid groups (broad SMARTS) is 1. The molecule has 0 unspecified atom stereocenters. The highest BCUT2D eigenvalue weighted by Crippen LogP contribution is 2.38. The highest BCUT2D eigenvalue weighted by molar-refractivity contribution is 9.10. The van der Waals surface area contributed by atoms with E-state index in [9.17, 15) is 14.7 Å². The molecule has 0 saturated heterocycles. The third-order valence-corrected chi connectivity index (χ3v) is 13.5. The Kier molecular flexibility index (Phi) is 16.2. The maximum absolute atomic E-state index is 12.4. The molecule has 0 radical (unpaired) electrons. The number of carbonyl (C=O) groups excluding carboxylic acids is 1. The molecule has 10 aromatic rings. The van der Waals surface area contributed by atoms with Crippen LogP contribution in [-0.4, -0.2) is 32.8 Å². The van der Waals surface area contributed by atoms with Crippen LogP contribution in [0, 0.1) is 13.8 Å². The van der Waals surface area contributed by atoms with Gasteiger partial charge in [0.2, 0.25) is 0 Å². The number of nitrogens with zero attached hydrogens (tertiary/aromatic N) is 2. The van der Waals surface area contributed by atoms with Crippen LogP contribution in [0.2, 0.25) is 0 Å². The number of hydrogen-bond acceptors (Lipinski definition) is 5. The first-order chi connectivity index (χ1) is 36.0. The van der Waals surface area contributed by atoms with E-state index < -0.39 is 5.97 Å². The largest absolute Gasteiger partial charge is 0.488 e. The van der Waals surface area contributed by atoms with Crippen LogP contribution in [0.3, 0.4) is 0 Å². The van der Waals surface area contributed by atoms with Crippen LogP contribution in [0.1, 0.15) is 50.2 Å². The average molecular weight is 1100 g/mol. The van der Waals surface area contributed by atoms with E-state index in [4.69, 9.17) is 14.2 Å². The van der Waals surface area contributed by atoms with Gasteiger partial charge in [0.1, 0.15) is 24.7 Å². The van der Waals surface area contributed by atoms with E-state index in [1.54, 1.807) is 24.3 Å². The Morgan fingerprint density at radius 3 is 1.31 bits per heavy atom. The van der Waals surface area contributed by atoms with E-state index in [1.165, 1.54) is 22.3 Å². The zero-order chi connectivity index (χ0) is 51.6. The first-order valence-electron chi connectivity index (χ1n) is 24.1. The van der Waals surface area contributed by atoms with E-state index in [2.05, 4.69) is 132 Å². The van der Waals surface area contributed by atoms with Crippen molar-refractivity contribution in [1.82, 2.24) is 9.13 Å². The van der Waals surface area contributed by atoms with E-state index >= 15 is 0 Å². The molecule has 0 amide bonds. The monoisotopic (exact) mass is 1100 g/mol. The molecule has 10 heteroatoms. The van der Waals surface area contributed by atoms with Crippen LogP contribution in [0.25, 0.3) is 56.1 Å². The summed E-state index contributed by atoms with van der Waals surface area (Å²) in [5.74, 6) is 0.249. The number of aryl methyl sites for hydroxylation is 2. The molecule has 1 N–H and O–H groups in total. The smallest absolute Gasteiger partial charge is 0.338 e. The molecule has 8 nitrogen and oxygen atoms in total. The summed E-state index contributed by atoms with van der Waals surface area (Å²) in [5, 5.41) is 9.47. The molecular weight excluding hydrogens is 1050 g/mol. The van der Waals surface area contributed by atoms with Crippen molar-refractivity contribution < 1.29 is 28.9 Å². The minimum absolute atomic E-state index is 0.246. The second-order valence-corrected chi connectivity index (χ2v) is 19.3. The lowest BCUT2D eigenvalue weighted by atomic mass is 10.0. The average Bonchev–Trinajstić information content (AvgIpc) is 4.03. The summed E-state index contributed by atoms with van der Waals surface area (Å²) >= 11 is 7.22. The zero-order valence-electron chi connectivity index (χ0n) is 41.0. The SMILES string of the molecule is CCOC(=O)c1cccc(-n2c(C)ccc2-c2cc(Br)ccc2OCc2ccc(-c3ccccc3)cc2)c1.Cc1ccc(-c2cc(Br)ccc2OCc2ccc(-c3ccccc3)cc2)n1-c1cccc(C(=O)O)c1. The number of benzene rings is 8. The van der Waals surface area contributed by atoms with Gasteiger partial charge in [-0.05, 0) is 151 Å². The quantitative estimate of drug-likeness (QED) is 0.103. The maximum atomic E-state index is 12.4. The van der Waals surface area contributed by atoms with Crippen molar-refractivity contribution in [3.8, 4) is 67.6 Å². The Labute approximate surface area is 448 Å². The van der Waals surface area contributed by atoms with Crippen molar-refractivity contribution in [2.24, 2.45) is 0 Å². The summed E-state index contributed by atoms with van der Waals surface area (Å²) < 4.78 is 24.0. The first-order valence-corrected chi connectivity index (χ1v) is 25.7. The molecule has 74 heavy (non-hydrogen) atoms. The third kappa shape index (κ3) is 12.0. The number of carbonyl (C=O) groups is 2. The fraction of sp³-hybridized carbons (Fsp3) is 0.0938. The molecule has 0 saturated carbocycles. The molecule has 0 atom stereocenters. The lowest BCUT2D eigenvalue weighted by Gasteiger charge is -2.17. The third-order valence-electron chi connectivity index (χ3n) is 12.5. The van der Waals surface area contributed by atoms with E-state index in [-0.39, 0.29) is 11.5 Å². The minimum Gasteiger partial charge on any atom is -0.488 e. The summed E-state index contributed by atoms with van der Waals surface area (Å²) in [7, 11) is 0. The Morgan fingerprint density at radius 1 is 0.459 bits per heavy atom. The van der Waals surface area contributed by atoms with Crippen LogP contribution < -0.4 is 9.47 Å². The second kappa shape index (κ2) is 23.6. The molecule has 8 aromatic carbocycles.